The second kappa shape index (κ2) is 8.25. The summed E-state index contributed by atoms with van der Waals surface area (Å²) in [5.41, 5.74) is 0. The van der Waals surface area contributed by atoms with Crippen molar-refractivity contribution in [3.63, 3.8) is 0 Å². The van der Waals surface area contributed by atoms with Crippen molar-refractivity contribution in [1.29, 1.82) is 0 Å². The van der Waals surface area contributed by atoms with Crippen LogP contribution in [0.25, 0.3) is 0 Å². The van der Waals surface area contributed by atoms with Crippen molar-refractivity contribution < 1.29 is 29.2 Å². The minimum absolute atomic E-state index is 0.0405. The third-order valence-electron chi connectivity index (χ3n) is 0.866. The Labute approximate surface area is 69.7 Å². The lowest BCUT2D eigenvalue weighted by Crippen LogP contribution is -2.13. The summed E-state index contributed by atoms with van der Waals surface area (Å²) < 4.78 is 13.2. The topological polar surface area (TPSA) is 85.2 Å². The fraction of sp³-hybridized carbons (Fsp3) is 0.833. The molecule has 6 heteroatoms. The van der Waals surface area contributed by atoms with Crippen molar-refractivity contribution >= 4 is 6.16 Å². The van der Waals surface area contributed by atoms with E-state index in [4.69, 9.17) is 14.9 Å². The fourth-order valence-corrected chi connectivity index (χ4v) is 0.445. The van der Waals surface area contributed by atoms with Gasteiger partial charge in [0.05, 0.1) is 19.8 Å². The van der Waals surface area contributed by atoms with Crippen molar-refractivity contribution in [2.45, 2.75) is 0 Å². The Bertz CT molecular complexity index is 115. The third-order valence-corrected chi connectivity index (χ3v) is 0.866. The number of rotatable bonds is 6. The highest BCUT2D eigenvalue weighted by Crippen LogP contribution is 1.84. The Morgan fingerprint density at radius 3 is 2.42 bits per heavy atom. The molecule has 0 unspecified atom stereocenters. The predicted octanol–water partition coefficient (Wildman–Crippen LogP) is -0.902. The van der Waals surface area contributed by atoms with Crippen LogP contribution in [-0.2, 0) is 14.2 Å². The van der Waals surface area contributed by atoms with Crippen molar-refractivity contribution in [2.24, 2.45) is 0 Å². The highest BCUT2D eigenvalue weighted by molar-refractivity contribution is 5.59. The van der Waals surface area contributed by atoms with Crippen LogP contribution in [0.4, 0.5) is 4.79 Å². The number of ether oxygens (including phenoxy) is 3. The number of aliphatic hydroxyl groups excluding tert-OH is 2. The van der Waals surface area contributed by atoms with Gasteiger partial charge in [0, 0.05) is 0 Å². The molecule has 0 atom stereocenters. The predicted molar refractivity (Wildman–Crippen MR) is 37.4 cm³/mol. The van der Waals surface area contributed by atoms with Gasteiger partial charge in [-0.2, -0.15) is 0 Å². The molecule has 0 heterocycles. The van der Waals surface area contributed by atoms with Gasteiger partial charge < -0.3 is 24.4 Å². The summed E-state index contributed by atoms with van der Waals surface area (Å²) in [6, 6.07) is 0. The largest absolute Gasteiger partial charge is 0.510 e. The smallest absolute Gasteiger partial charge is 0.432 e. The van der Waals surface area contributed by atoms with E-state index in [-0.39, 0.29) is 26.4 Å². The van der Waals surface area contributed by atoms with Crippen LogP contribution in [0, 0.1) is 0 Å². The molecular formula is C6H12O6. The van der Waals surface area contributed by atoms with Crippen molar-refractivity contribution in [1.82, 2.24) is 0 Å². The zero-order chi connectivity index (χ0) is 9.23. The van der Waals surface area contributed by atoms with Gasteiger partial charge in [-0.1, -0.05) is 0 Å². The lowest BCUT2D eigenvalue weighted by Gasteiger charge is -2.03. The zero-order valence-corrected chi connectivity index (χ0v) is 6.56. The molecule has 6 nitrogen and oxygen atoms in total. The maximum absolute atomic E-state index is 10.4. The van der Waals surface area contributed by atoms with E-state index in [9.17, 15) is 4.79 Å². The summed E-state index contributed by atoms with van der Waals surface area (Å²) in [7, 11) is 0. The quantitative estimate of drug-likeness (QED) is 0.313. The van der Waals surface area contributed by atoms with E-state index in [2.05, 4.69) is 9.47 Å². The molecule has 0 amide bonds. The lowest BCUT2D eigenvalue weighted by molar-refractivity contribution is -0.0182. The van der Waals surface area contributed by atoms with Crippen LogP contribution in [0.2, 0.25) is 0 Å². The van der Waals surface area contributed by atoms with Gasteiger partial charge in [0.2, 0.25) is 0 Å². The standard InChI is InChI=1S/C6H12O6/c7-1-2-10-3-4-11-6(9)12-5-8/h7-8H,1-5H2. The molecule has 0 saturated carbocycles. The molecule has 0 aliphatic carbocycles. The van der Waals surface area contributed by atoms with Gasteiger partial charge in [-0.3, -0.25) is 0 Å². The highest BCUT2D eigenvalue weighted by Gasteiger charge is 2.00. The number of carbonyl (C=O) groups is 1. The van der Waals surface area contributed by atoms with E-state index in [0.29, 0.717) is 0 Å². The van der Waals surface area contributed by atoms with Crippen molar-refractivity contribution in [3.8, 4) is 0 Å². The Morgan fingerprint density at radius 2 is 1.83 bits per heavy atom. The number of carbonyl (C=O) groups excluding carboxylic acids is 1. The van der Waals surface area contributed by atoms with Gasteiger partial charge in [-0.25, -0.2) is 4.79 Å². The van der Waals surface area contributed by atoms with Crippen LogP contribution in [0.3, 0.4) is 0 Å². The van der Waals surface area contributed by atoms with Gasteiger partial charge in [0.15, 0.2) is 6.79 Å². The maximum atomic E-state index is 10.4. The molecule has 0 aliphatic rings. The average molecular weight is 180 g/mol. The molecule has 72 valence electrons. The molecule has 12 heavy (non-hydrogen) atoms. The molecule has 0 aromatic heterocycles. The summed E-state index contributed by atoms with van der Waals surface area (Å²) in [6.07, 6.45) is -0.940. The second-order valence-electron chi connectivity index (χ2n) is 1.71. The van der Waals surface area contributed by atoms with E-state index >= 15 is 0 Å². The van der Waals surface area contributed by atoms with Gasteiger partial charge in [0.1, 0.15) is 6.61 Å². The summed E-state index contributed by atoms with van der Waals surface area (Å²) in [4.78, 5) is 10.4. The van der Waals surface area contributed by atoms with Crippen LogP contribution in [0.15, 0.2) is 0 Å². The molecule has 0 bridgehead atoms. The Hall–Kier alpha value is -0.850. The number of hydrogen-bond acceptors (Lipinski definition) is 6. The minimum Gasteiger partial charge on any atom is -0.432 e. The summed E-state index contributed by atoms with van der Waals surface area (Å²) in [6.45, 7) is -0.324. The van der Waals surface area contributed by atoms with Crippen LogP contribution in [0.1, 0.15) is 0 Å². The molecule has 0 aromatic rings. The van der Waals surface area contributed by atoms with Crippen LogP contribution in [0.5, 0.6) is 0 Å². The number of hydrogen-bond donors (Lipinski definition) is 2. The Kier molecular flexibility index (Phi) is 7.66. The molecule has 0 rings (SSSR count). The van der Waals surface area contributed by atoms with Crippen LogP contribution < -0.4 is 0 Å². The molecule has 0 fully saturated rings. The molecule has 0 saturated heterocycles. The summed E-state index contributed by atoms with van der Waals surface area (Å²) >= 11 is 0. The molecule has 0 radical (unpaired) electrons. The first-order valence-corrected chi connectivity index (χ1v) is 3.40. The Morgan fingerprint density at radius 1 is 1.08 bits per heavy atom. The van der Waals surface area contributed by atoms with E-state index < -0.39 is 12.9 Å². The summed E-state index contributed by atoms with van der Waals surface area (Å²) in [5, 5.41) is 16.4. The second-order valence-corrected chi connectivity index (χ2v) is 1.71. The minimum atomic E-state index is -0.940. The van der Waals surface area contributed by atoms with E-state index in [1.807, 2.05) is 0 Å². The average Bonchev–Trinajstić information content (AvgIpc) is 2.05. The normalized spacial score (nSPS) is 9.50. The van der Waals surface area contributed by atoms with Gasteiger partial charge >= 0.3 is 6.16 Å². The van der Waals surface area contributed by atoms with Crippen LogP contribution >= 0.6 is 0 Å². The molecule has 0 aliphatic heterocycles. The first-order valence-electron chi connectivity index (χ1n) is 3.40. The van der Waals surface area contributed by atoms with Crippen molar-refractivity contribution in [3.05, 3.63) is 0 Å². The number of aliphatic hydroxyl groups is 2. The third kappa shape index (κ3) is 7.26. The first-order chi connectivity index (χ1) is 5.81. The van der Waals surface area contributed by atoms with Gasteiger partial charge in [-0.15, -0.1) is 0 Å². The Balaban J connectivity index is 3.03. The van der Waals surface area contributed by atoms with Gasteiger partial charge in [-0.05, 0) is 0 Å². The molecular weight excluding hydrogens is 168 g/mol. The maximum Gasteiger partial charge on any atom is 0.510 e. The van der Waals surface area contributed by atoms with E-state index in [0.717, 1.165) is 0 Å². The first kappa shape index (κ1) is 11.2. The van der Waals surface area contributed by atoms with E-state index in [1.165, 1.54) is 0 Å². The summed E-state index contributed by atoms with van der Waals surface area (Å²) in [5.74, 6) is 0. The van der Waals surface area contributed by atoms with Crippen LogP contribution in [-0.4, -0.2) is 49.6 Å². The molecule has 0 spiro atoms. The lowest BCUT2D eigenvalue weighted by atomic mass is 10.7. The monoisotopic (exact) mass is 180 g/mol. The van der Waals surface area contributed by atoms with Gasteiger partial charge in [0.25, 0.3) is 0 Å². The molecule has 0 aromatic carbocycles. The highest BCUT2D eigenvalue weighted by atomic mass is 16.8. The fourth-order valence-electron chi connectivity index (χ4n) is 0.445. The van der Waals surface area contributed by atoms with Crippen molar-refractivity contribution in [2.75, 3.05) is 33.2 Å². The van der Waals surface area contributed by atoms with E-state index in [1.54, 1.807) is 0 Å². The molecule has 2 N–H and O–H groups in total. The SMILES string of the molecule is O=C(OCO)OCCOCCO. The zero-order valence-electron chi connectivity index (χ0n) is 6.56.